The summed E-state index contributed by atoms with van der Waals surface area (Å²) in [6, 6.07) is 9.36. The molecule has 0 atom stereocenters. The molecule has 0 unspecified atom stereocenters. The number of fused-ring (bicyclic) bond motifs is 1. The fourth-order valence-electron chi connectivity index (χ4n) is 3.38. The first-order valence-electron chi connectivity index (χ1n) is 7.76. The van der Waals surface area contributed by atoms with Crippen LogP contribution in [0.4, 0.5) is 5.82 Å². The molecule has 0 amide bonds. The Labute approximate surface area is 134 Å². The first-order valence-corrected chi connectivity index (χ1v) is 8.55. The second-order valence-electron chi connectivity index (χ2n) is 5.82. The second kappa shape index (κ2) is 6.32. The van der Waals surface area contributed by atoms with Crippen molar-refractivity contribution in [1.82, 2.24) is 4.98 Å². The lowest BCUT2D eigenvalue weighted by atomic mass is 9.90. The van der Waals surface area contributed by atoms with Crippen LogP contribution in [-0.4, -0.2) is 23.6 Å². The number of aromatic nitrogens is 1. The zero-order valence-electron chi connectivity index (χ0n) is 12.4. The van der Waals surface area contributed by atoms with E-state index >= 15 is 0 Å². The van der Waals surface area contributed by atoms with E-state index in [-0.39, 0.29) is 0 Å². The van der Waals surface area contributed by atoms with E-state index in [2.05, 4.69) is 57.0 Å². The molecule has 0 spiro atoms. The number of halogens is 1. The Morgan fingerprint density at radius 2 is 1.95 bits per heavy atom. The normalized spacial score (nSPS) is 22.4. The Hall–Kier alpha value is -1.13. The van der Waals surface area contributed by atoms with Crippen LogP contribution in [0, 0.1) is 0 Å². The minimum atomic E-state index is 0.384. The Morgan fingerprint density at radius 3 is 2.67 bits per heavy atom. The molecule has 1 aliphatic rings. The molecule has 112 valence electrons. The lowest BCUT2D eigenvalue weighted by molar-refractivity contribution is 0.377. The summed E-state index contributed by atoms with van der Waals surface area (Å²) in [7, 11) is 0. The summed E-state index contributed by atoms with van der Waals surface area (Å²) < 4.78 is 1.13. The van der Waals surface area contributed by atoms with Crippen LogP contribution in [0.5, 0.6) is 0 Å². The maximum Gasteiger partial charge on any atom is 0.136 e. The number of rotatable bonds is 3. The van der Waals surface area contributed by atoms with E-state index in [0.717, 1.165) is 29.7 Å². The molecule has 4 heteroatoms. The Kier molecular flexibility index (Phi) is 4.45. The molecule has 1 aliphatic carbocycles. The van der Waals surface area contributed by atoms with Crippen molar-refractivity contribution in [2.24, 2.45) is 5.73 Å². The molecule has 1 aromatic carbocycles. The van der Waals surface area contributed by atoms with Gasteiger partial charge in [-0.3, -0.25) is 0 Å². The van der Waals surface area contributed by atoms with Gasteiger partial charge in [0.25, 0.3) is 0 Å². The Morgan fingerprint density at radius 1 is 1.19 bits per heavy atom. The molecule has 0 bridgehead atoms. The quantitative estimate of drug-likeness (QED) is 0.908. The Balaban J connectivity index is 1.99. The maximum atomic E-state index is 6.05. The van der Waals surface area contributed by atoms with Crippen molar-refractivity contribution in [3.05, 3.63) is 34.9 Å². The predicted octanol–water partition coefficient (Wildman–Crippen LogP) is 4.09. The van der Waals surface area contributed by atoms with Gasteiger partial charge in [0, 0.05) is 40.1 Å². The molecular formula is C17H22BrN3. The summed E-state index contributed by atoms with van der Waals surface area (Å²) in [4.78, 5) is 7.15. The van der Waals surface area contributed by atoms with E-state index in [1.54, 1.807) is 0 Å². The molecule has 21 heavy (non-hydrogen) atoms. The highest BCUT2D eigenvalue weighted by Crippen LogP contribution is 2.33. The fourth-order valence-corrected chi connectivity index (χ4v) is 3.87. The second-order valence-corrected chi connectivity index (χ2v) is 6.68. The van der Waals surface area contributed by atoms with E-state index < -0.39 is 0 Å². The molecule has 2 N–H and O–H groups in total. The van der Waals surface area contributed by atoms with Crippen LogP contribution in [0.2, 0.25) is 0 Å². The van der Waals surface area contributed by atoms with Crippen molar-refractivity contribution in [2.75, 3.05) is 11.4 Å². The highest BCUT2D eigenvalue weighted by atomic mass is 79.9. The van der Waals surface area contributed by atoms with Gasteiger partial charge in [-0.15, -0.1) is 0 Å². The molecule has 0 radical (unpaired) electrons. The van der Waals surface area contributed by atoms with Crippen LogP contribution in [0.1, 0.15) is 32.6 Å². The predicted molar refractivity (Wildman–Crippen MR) is 92.7 cm³/mol. The van der Waals surface area contributed by atoms with E-state index in [9.17, 15) is 0 Å². The van der Waals surface area contributed by atoms with Crippen molar-refractivity contribution in [1.29, 1.82) is 0 Å². The summed E-state index contributed by atoms with van der Waals surface area (Å²) in [6.45, 7) is 3.20. The highest BCUT2D eigenvalue weighted by Gasteiger charge is 2.25. The zero-order valence-corrected chi connectivity index (χ0v) is 14.0. The SMILES string of the molecule is CCN(c1nccc2c(Br)cccc12)C1CCC(N)CC1. The lowest BCUT2D eigenvalue weighted by Gasteiger charge is -2.36. The van der Waals surface area contributed by atoms with Gasteiger partial charge in [-0.25, -0.2) is 4.98 Å². The number of hydrogen-bond donors (Lipinski definition) is 1. The van der Waals surface area contributed by atoms with Gasteiger partial charge >= 0.3 is 0 Å². The van der Waals surface area contributed by atoms with E-state index in [0.29, 0.717) is 12.1 Å². The number of pyridine rings is 1. The maximum absolute atomic E-state index is 6.05. The van der Waals surface area contributed by atoms with Gasteiger partial charge in [-0.1, -0.05) is 28.1 Å². The summed E-state index contributed by atoms with van der Waals surface area (Å²) >= 11 is 3.64. The topological polar surface area (TPSA) is 42.2 Å². The molecule has 1 heterocycles. The number of hydrogen-bond acceptors (Lipinski definition) is 3. The first-order chi connectivity index (χ1) is 10.2. The van der Waals surface area contributed by atoms with Crippen LogP contribution in [0.3, 0.4) is 0 Å². The average Bonchev–Trinajstić information content (AvgIpc) is 2.51. The molecule has 0 saturated heterocycles. The fraction of sp³-hybridized carbons (Fsp3) is 0.471. The molecule has 1 aromatic heterocycles. The number of nitrogens with two attached hydrogens (primary N) is 1. The Bertz CT molecular complexity index is 620. The van der Waals surface area contributed by atoms with Gasteiger partial charge in [0.05, 0.1) is 0 Å². The minimum absolute atomic E-state index is 0.384. The van der Waals surface area contributed by atoms with Gasteiger partial charge in [0.2, 0.25) is 0 Å². The van der Waals surface area contributed by atoms with Gasteiger partial charge in [-0.2, -0.15) is 0 Å². The monoisotopic (exact) mass is 347 g/mol. The number of anilines is 1. The molecule has 3 nitrogen and oxygen atoms in total. The van der Waals surface area contributed by atoms with Crippen LogP contribution in [0.25, 0.3) is 10.8 Å². The third kappa shape index (κ3) is 2.92. The molecule has 3 rings (SSSR count). The van der Waals surface area contributed by atoms with Gasteiger partial charge < -0.3 is 10.6 Å². The van der Waals surface area contributed by atoms with Crippen molar-refractivity contribution in [3.63, 3.8) is 0 Å². The molecular weight excluding hydrogens is 326 g/mol. The summed E-state index contributed by atoms with van der Waals surface area (Å²) in [5.41, 5.74) is 6.05. The van der Waals surface area contributed by atoms with Crippen molar-refractivity contribution < 1.29 is 0 Å². The number of benzene rings is 1. The minimum Gasteiger partial charge on any atom is -0.353 e. The first kappa shape index (κ1) is 14.8. The summed E-state index contributed by atoms with van der Waals surface area (Å²) in [6.07, 6.45) is 6.49. The molecule has 0 aliphatic heterocycles. The van der Waals surface area contributed by atoms with Gasteiger partial charge in [0.15, 0.2) is 0 Å². The van der Waals surface area contributed by atoms with Gasteiger partial charge in [0.1, 0.15) is 5.82 Å². The third-order valence-electron chi connectivity index (χ3n) is 4.53. The lowest BCUT2D eigenvalue weighted by Crippen LogP contribution is -2.41. The van der Waals surface area contributed by atoms with Crippen molar-refractivity contribution >= 4 is 32.5 Å². The van der Waals surface area contributed by atoms with E-state index in [1.165, 1.54) is 23.6 Å². The highest BCUT2D eigenvalue weighted by molar-refractivity contribution is 9.10. The van der Waals surface area contributed by atoms with Crippen LogP contribution < -0.4 is 10.6 Å². The van der Waals surface area contributed by atoms with Crippen LogP contribution in [0.15, 0.2) is 34.9 Å². The smallest absolute Gasteiger partial charge is 0.136 e. The van der Waals surface area contributed by atoms with E-state index in [1.807, 2.05) is 6.20 Å². The summed E-state index contributed by atoms with van der Waals surface area (Å²) in [5.74, 6) is 1.11. The van der Waals surface area contributed by atoms with Gasteiger partial charge in [-0.05, 0) is 44.7 Å². The standard InChI is InChI=1S/C17H22BrN3/c1-2-21(13-8-6-12(19)7-9-13)17-15-4-3-5-16(18)14(15)10-11-20-17/h3-5,10-13H,2,6-9,19H2,1H3. The largest absolute Gasteiger partial charge is 0.353 e. The number of nitrogens with zero attached hydrogens (tertiary/aromatic N) is 2. The third-order valence-corrected chi connectivity index (χ3v) is 5.22. The van der Waals surface area contributed by atoms with Crippen LogP contribution >= 0.6 is 15.9 Å². The van der Waals surface area contributed by atoms with Crippen molar-refractivity contribution in [3.8, 4) is 0 Å². The zero-order chi connectivity index (χ0) is 14.8. The average molecular weight is 348 g/mol. The molecule has 1 saturated carbocycles. The van der Waals surface area contributed by atoms with Crippen molar-refractivity contribution in [2.45, 2.75) is 44.7 Å². The molecule has 1 fully saturated rings. The summed E-state index contributed by atoms with van der Waals surface area (Å²) in [5, 5.41) is 2.46. The van der Waals surface area contributed by atoms with E-state index in [4.69, 9.17) is 5.73 Å². The van der Waals surface area contributed by atoms with Crippen LogP contribution in [-0.2, 0) is 0 Å². The molecule has 2 aromatic rings.